The van der Waals surface area contributed by atoms with Crippen LogP contribution in [-0.4, -0.2) is 4.21 Å². The van der Waals surface area contributed by atoms with E-state index in [-0.39, 0.29) is 0 Å². The largest absolute Gasteiger partial charge is 0.456 e. The Morgan fingerprint density at radius 1 is 0.425 bits per heavy atom. The van der Waals surface area contributed by atoms with Crippen molar-refractivity contribution < 1.29 is 13.0 Å². The summed E-state index contributed by atoms with van der Waals surface area (Å²) in [6.45, 7) is 0. The van der Waals surface area contributed by atoms with E-state index in [1.54, 1.807) is 0 Å². The molecule has 40 heavy (non-hydrogen) atoms. The minimum Gasteiger partial charge on any atom is -0.456 e. The first-order valence-electron chi connectivity index (χ1n) is 13.3. The van der Waals surface area contributed by atoms with Crippen molar-refractivity contribution in [3.63, 3.8) is 0 Å². The van der Waals surface area contributed by atoms with Crippen LogP contribution in [0.25, 0.3) is 77.3 Å². The first-order valence-corrected chi connectivity index (χ1v) is 14.4. The Morgan fingerprint density at radius 2 is 0.875 bits per heavy atom. The monoisotopic (exact) mass is 532 g/mol. The molecule has 0 atom stereocenters. The van der Waals surface area contributed by atoms with Crippen molar-refractivity contribution in [3.05, 3.63) is 121 Å². The van der Waals surface area contributed by atoms with E-state index in [1.807, 2.05) is 60.7 Å². The Labute approximate surface area is 231 Å². The maximum atomic E-state index is 14.0. The van der Waals surface area contributed by atoms with Gasteiger partial charge in [0.25, 0.3) is 0 Å². The molecule has 0 unspecified atom stereocenters. The first kappa shape index (κ1) is 21.9. The highest BCUT2D eigenvalue weighted by Gasteiger charge is 2.27. The minimum atomic E-state index is -1.29. The molecule has 3 nitrogen and oxygen atoms in total. The highest BCUT2D eigenvalue weighted by molar-refractivity contribution is 7.85. The van der Waals surface area contributed by atoms with Crippen LogP contribution in [0.2, 0.25) is 0 Å². The van der Waals surface area contributed by atoms with Crippen LogP contribution >= 0.6 is 0 Å². The van der Waals surface area contributed by atoms with Crippen molar-refractivity contribution in [3.8, 4) is 33.4 Å². The molecule has 6 aromatic carbocycles. The lowest BCUT2D eigenvalue weighted by atomic mass is 9.95. The molecule has 0 aliphatic carbocycles. The summed E-state index contributed by atoms with van der Waals surface area (Å²) in [5, 5.41) is 4.34. The van der Waals surface area contributed by atoms with Gasteiger partial charge in [-0.25, -0.2) is 4.21 Å². The molecule has 0 saturated heterocycles. The van der Waals surface area contributed by atoms with E-state index < -0.39 is 10.8 Å². The highest BCUT2D eigenvalue weighted by atomic mass is 32.2. The molecule has 8 aromatic rings. The fourth-order valence-electron chi connectivity index (χ4n) is 6.28. The van der Waals surface area contributed by atoms with E-state index >= 15 is 0 Å². The number of furan rings is 2. The Kier molecular flexibility index (Phi) is 4.41. The summed E-state index contributed by atoms with van der Waals surface area (Å²) >= 11 is 0. The van der Waals surface area contributed by atoms with Gasteiger partial charge in [-0.15, -0.1) is 0 Å². The van der Waals surface area contributed by atoms with Crippen LogP contribution in [0, 0.1) is 0 Å². The Hall–Kier alpha value is -4.93. The molecule has 0 amide bonds. The van der Waals surface area contributed by atoms with Crippen LogP contribution < -0.4 is 0 Å². The number of benzene rings is 6. The van der Waals surface area contributed by atoms with E-state index in [0.717, 1.165) is 87.0 Å². The van der Waals surface area contributed by atoms with E-state index in [1.165, 1.54) is 0 Å². The van der Waals surface area contributed by atoms with Gasteiger partial charge in [-0.1, -0.05) is 84.9 Å². The van der Waals surface area contributed by atoms with Gasteiger partial charge in [-0.05, 0) is 69.8 Å². The van der Waals surface area contributed by atoms with Crippen molar-refractivity contribution in [2.45, 2.75) is 9.79 Å². The van der Waals surface area contributed by atoms with Gasteiger partial charge in [0.15, 0.2) is 0 Å². The lowest BCUT2D eigenvalue weighted by Crippen LogP contribution is -1.89. The molecule has 0 spiro atoms. The number of rotatable bonds is 2. The summed E-state index contributed by atoms with van der Waals surface area (Å²) in [6, 6.07) is 41.2. The lowest BCUT2D eigenvalue weighted by Gasteiger charge is -2.07. The SMILES string of the molecule is O=S1c2cc(-c3cccc4oc5ccccc5c34)ccc2-c2ccc(-c3cccc4oc5ccccc5c34)cc21. The predicted octanol–water partition coefficient (Wildman–Crippen LogP) is 9.97. The maximum Gasteiger partial charge on any atom is 0.136 e. The molecule has 0 N–H and O–H groups in total. The van der Waals surface area contributed by atoms with Crippen molar-refractivity contribution in [2.24, 2.45) is 0 Å². The zero-order valence-electron chi connectivity index (χ0n) is 21.2. The van der Waals surface area contributed by atoms with Gasteiger partial charge in [0.1, 0.15) is 22.3 Å². The number of fused-ring (bicyclic) bond motifs is 9. The van der Waals surface area contributed by atoms with E-state index in [2.05, 4.69) is 60.7 Å². The smallest absolute Gasteiger partial charge is 0.136 e. The molecular weight excluding hydrogens is 512 g/mol. The van der Waals surface area contributed by atoms with Crippen LogP contribution in [0.3, 0.4) is 0 Å². The van der Waals surface area contributed by atoms with Gasteiger partial charge >= 0.3 is 0 Å². The minimum absolute atomic E-state index is 0.849. The highest BCUT2D eigenvalue weighted by Crippen LogP contribution is 2.46. The third kappa shape index (κ3) is 2.97. The van der Waals surface area contributed by atoms with Gasteiger partial charge < -0.3 is 8.83 Å². The summed E-state index contributed by atoms with van der Waals surface area (Å²) < 4.78 is 26.2. The molecular formula is C36H20O3S. The second-order valence-electron chi connectivity index (χ2n) is 10.2. The molecule has 9 rings (SSSR count). The van der Waals surface area contributed by atoms with Gasteiger partial charge in [-0.3, -0.25) is 0 Å². The van der Waals surface area contributed by atoms with Crippen LogP contribution in [0.1, 0.15) is 0 Å². The molecule has 1 aliphatic rings. The summed E-state index contributed by atoms with van der Waals surface area (Å²) in [7, 11) is -1.29. The lowest BCUT2D eigenvalue weighted by molar-refractivity contribution is 0.668. The molecule has 3 heterocycles. The second-order valence-corrected chi connectivity index (χ2v) is 11.7. The normalized spacial score (nSPS) is 13.0. The third-order valence-corrected chi connectivity index (χ3v) is 9.55. The van der Waals surface area contributed by atoms with Crippen molar-refractivity contribution >= 4 is 54.7 Å². The summed E-state index contributed by atoms with van der Waals surface area (Å²) in [5.41, 5.74) is 9.74. The molecule has 4 heteroatoms. The summed E-state index contributed by atoms with van der Waals surface area (Å²) in [4.78, 5) is 1.70. The summed E-state index contributed by atoms with van der Waals surface area (Å²) in [6.07, 6.45) is 0. The van der Waals surface area contributed by atoms with E-state index in [0.29, 0.717) is 0 Å². The Morgan fingerprint density at radius 3 is 1.38 bits per heavy atom. The van der Waals surface area contributed by atoms with Gasteiger partial charge in [0.05, 0.1) is 20.6 Å². The molecule has 0 bridgehead atoms. The van der Waals surface area contributed by atoms with Crippen LogP contribution in [-0.2, 0) is 10.8 Å². The zero-order chi connectivity index (χ0) is 26.4. The Balaban J connectivity index is 1.19. The number of para-hydroxylation sites is 2. The number of hydrogen-bond acceptors (Lipinski definition) is 3. The second kappa shape index (κ2) is 8.04. The fraction of sp³-hybridized carbons (Fsp3) is 0. The van der Waals surface area contributed by atoms with E-state index in [4.69, 9.17) is 8.83 Å². The molecule has 188 valence electrons. The topological polar surface area (TPSA) is 43.4 Å². The third-order valence-electron chi connectivity index (χ3n) is 8.08. The van der Waals surface area contributed by atoms with Crippen molar-refractivity contribution in [1.82, 2.24) is 0 Å². The van der Waals surface area contributed by atoms with Crippen LogP contribution in [0.15, 0.2) is 140 Å². The van der Waals surface area contributed by atoms with E-state index in [9.17, 15) is 4.21 Å². The molecule has 0 fully saturated rings. The molecule has 0 radical (unpaired) electrons. The van der Waals surface area contributed by atoms with Gasteiger partial charge in [0.2, 0.25) is 0 Å². The maximum absolute atomic E-state index is 14.0. The van der Waals surface area contributed by atoms with Crippen molar-refractivity contribution in [2.75, 3.05) is 0 Å². The molecule has 0 saturated carbocycles. The fourth-order valence-corrected chi connectivity index (χ4v) is 7.74. The zero-order valence-corrected chi connectivity index (χ0v) is 22.0. The standard InChI is InChI=1S/C36H20O3S/c37-40-33-19-21(23-9-5-13-31-35(23)27-7-1-3-11-29(27)38-31)15-17-25(33)26-18-16-22(20-34(26)40)24-10-6-14-32-36(24)28-8-2-4-12-30(28)39-32/h1-20H. The predicted molar refractivity (Wildman–Crippen MR) is 162 cm³/mol. The quantitative estimate of drug-likeness (QED) is 0.222. The molecule has 1 aliphatic heterocycles. The summed E-state index contributed by atoms with van der Waals surface area (Å²) in [5.74, 6) is 0. The van der Waals surface area contributed by atoms with Crippen LogP contribution in [0.5, 0.6) is 0 Å². The average molecular weight is 533 g/mol. The first-order chi connectivity index (χ1) is 19.7. The van der Waals surface area contributed by atoms with Crippen LogP contribution in [0.4, 0.5) is 0 Å². The average Bonchev–Trinajstić information content (AvgIpc) is 3.66. The van der Waals surface area contributed by atoms with Crippen molar-refractivity contribution in [1.29, 1.82) is 0 Å². The Bertz CT molecular complexity index is 2190. The van der Waals surface area contributed by atoms with Gasteiger partial charge in [0, 0.05) is 21.5 Å². The van der Waals surface area contributed by atoms with Gasteiger partial charge in [-0.2, -0.15) is 0 Å². The molecule has 2 aromatic heterocycles. The number of hydrogen-bond donors (Lipinski definition) is 0.